The summed E-state index contributed by atoms with van der Waals surface area (Å²) in [6.07, 6.45) is 1.86. The highest BCUT2D eigenvalue weighted by Gasteiger charge is 2.32. The minimum absolute atomic E-state index is 0.00884. The average molecular weight is 257 g/mol. The monoisotopic (exact) mass is 257 g/mol. The average Bonchev–Trinajstić information content (AvgIpc) is 2.27. The van der Waals surface area contributed by atoms with E-state index in [4.69, 9.17) is 9.84 Å². The molecule has 18 heavy (non-hydrogen) atoms. The van der Waals surface area contributed by atoms with Gasteiger partial charge in [-0.15, -0.1) is 0 Å². The molecule has 1 rings (SSSR count). The fourth-order valence-electron chi connectivity index (χ4n) is 1.89. The van der Waals surface area contributed by atoms with Crippen LogP contribution in [0.2, 0.25) is 0 Å². The second-order valence-corrected chi connectivity index (χ2v) is 6.07. The van der Waals surface area contributed by atoms with E-state index in [-0.39, 0.29) is 17.7 Å². The number of carbonyl (C=O) groups is 2. The lowest BCUT2D eigenvalue weighted by atomic mass is 9.82. The van der Waals surface area contributed by atoms with Crippen molar-refractivity contribution in [3.05, 3.63) is 0 Å². The van der Waals surface area contributed by atoms with Crippen molar-refractivity contribution >= 4 is 11.9 Å². The number of rotatable bonds is 5. The third kappa shape index (κ3) is 4.29. The first-order chi connectivity index (χ1) is 8.25. The molecule has 1 fully saturated rings. The summed E-state index contributed by atoms with van der Waals surface area (Å²) in [5.41, 5.74) is -0.943. The molecule has 5 heteroatoms. The molecule has 1 amide bonds. The Morgan fingerprint density at radius 3 is 2.39 bits per heavy atom. The van der Waals surface area contributed by atoms with E-state index in [1.54, 1.807) is 13.8 Å². The van der Waals surface area contributed by atoms with Crippen molar-refractivity contribution in [2.75, 3.05) is 19.8 Å². The zero-order valence-electron chi connectivity index (χ0n) is 11.4. The van der Waals surface area contributed by atoms with Crippen LogP contribution in [-0.2, 0) is 14.3 Å². The number of carboxylic acids is 1. The SMILES string of the molecule is CC1(CNC(=O)CC(C)(C)C(=O)O)CCOCC1. The molecule has 0 bridgehead atoms. The Balaban J connectivity index is 2.39. The van der Waals surface area contributed by atoms with Crippen LogP contribution in [0.15, 0.2) is 0 Å². The normalized spacial score (nSPS) is 19.3. The smallest absolute Gasteiger partial charge is 0.309 e. The highest BCUT2D eigenvalue weighted by atomic mass is 16.5. The Labute approximate surface area is 108 Å². The minimum atomic E-state index is -1.01. The lowest BCUT2D eigenvalue weighted by molar-refractivity contribution is -0.149. The van der Waals surface area contributed by atoms with Gasteiger partial charge in [0.1, 0.15) is 0 Å². The molecule has 2 N–H and O–H groups in total. The van der Waals surface area contributed by atoms with Gasteiger partial charge in [-0.05, 0) is 32.1 Å². The van der Waals surface area contributed by atoms with Gasteiger partial charge in [-0.1, -0.05) is 6.92 Å². The molecule has 1 aliphatic heterocycles. The van der Waals surface area contributed by atoms with Crippen LogP contribution in [0.4, 0.5) is 0 Å². The Morgan fingerprint density at radius 1 is 1.33 bits per heavy atom. The van der Waals surface area contributed by atoms with E-state index >= 15 is 0 Å². The molecule has 5 nitrogen and oxygen atoms in total. The summed E-state index contributed by atoms with van der Waals surface area (Å²) in [6.45, 7) is 7.29. The van der Waals surface area contributed by atoms with Gasteiger partial charge in [-0.25, -0.2) is 0 Å². The molecule has 0 atom stereocenters. The number of aliphatic carboxylic acids is 1. The van der Waals surface area contributed by atoms with E-state index in [1.807, 2.05) is 0 Å². The van der Waals surface area contributed by atoms with Crippen LogP contribution in [0, 0.1) is 10.8 Å². The summed E-state index contributed by atoms with van der Waals surface area (Å²) < 4.78 is 5.29. The summed E-state index contributed by atoms with van der Waals surface area (Å²) in [7, 11) is 0. The molecular formula is C13H23NO4. The van der Waals surface area contributed by atoms with E-state index in [0.717, 1.165) is 26.1 Å². The van der Waals surface area contributed by atoms with Gasteiger partial charge in [0, 0.05) is 26.2 Å². The minimum Gasteiger partial charge on any atom is -0.481 e. The molecule has 0 unspecified atom stereocenters. The van der Waals surface area contributed by atoms with Gasteiger partial charge >= 0.3 is 5.97 Å². The van der Waals surface area contributed by atoms with Crippen molar-refractivity contribution in [1.82, 2.24) is 5.32 Å². The molecule has 1 aliphatic rings. The van der Waals surface area contributed by atoms with Gasteiger partial charge in [-0.2, -0.15) is 0 Å². The second kappa shape index (κ2) is 5.69. The summed E-state index contributed by atoms with van der Waals surface area (Å²) in [5, 5.41) is 11.8. The van der Waals surface area contributed by atoms with E-state index in [1.165, 1.54) is 0 Å². The number of amides is 1. The summed E-state index contributed by atoms with van der Waals surface area (Å²) in [6, 6.07) is 0. The lowest BCUT2D eigenvalue weighted by Gasteiger charge is -2.33. The van der Waals surface area contributed by atoms with Crippen molar-refractivity contribution in [1.29, 1.82) is 0 Å². The van der Waals surface area contributed by atoms with Gasteiger partial charge < -0.3 is 15.2 Å². The van der Waals surface area contributed by atoms with Crippen molar-refractivity contribution < 1.29 is 19.4 Å². The van der Waals surface area contributed by atoms with Crippen molar-refractivity contribution in [2.45, 2.75) is 40.0 Å². The predicted octanol–water partition coefficient (Wildman–Crippen LogP) is 1.42. The van der Waals surface area contributed by atoms with Crippen LogP contribution in [-0.4, -0.2) is 36.7 Å². The number of carbonyl (C=O) groups excluding carboxylic acids is 1. The van der Waals surface area contributed by atoms with Gasteiger partial charge in [0.25, 0.3) is 0 Å². The molecule has 0 saturated carbocycles. The first kappa shape index (κ1) is 15.0. The lowest BCUT2D eigenvalue weighted by Crippen LogP contribution is -2.41. The number of nitrogens with one attached hydrogen (secondary N) is 1. The van der Waals surface area contributed by atoms with Crippen LogP contribution in [0.5, 0.6) is 0 Å². The van der Waals surface area contributed by atoms with E-state index in [9.17, 15) is 9.59 Å². The molecule has 0 aromatic carbocycles. The summed E-state index contributed by atoms with van der Waals surface area (Å²) in [5.74, 6) is -1.15. The number of hydrogen-bond acceptors (Lipinski definition) is 3. The number of carboxylic acid groups (broad SMARTS) is 1. The second-order valence-electron chi connectivity index (χ2n) is 6.07. The predicted molar refractivity (Wildman–Crippen MR) is 67.2 cm³/mol. The van der Waals surface area contributed by atoms with Gasteiger partial charge in [0.05, 0.1) is 5.41 Å². The first-order valence-electron chi connectivity index (χ1n) is 6.33. The molecule has 0 aromatic rings. The third-order valence-corrected chi connectivity index (χ3v) is 3.59. The Hall–Kier alpha value is -1.10. The first-order valence-corrected chi connectivity index (χ1v) is 6.33. The molecule has 1 saturated heterocycles. The molecular weight excluding hydrogens is 234 g/mol. The Kier molecular flexibility index (Phi) is 4.73. The van der Waals surface area contributed by atoms with E-state index < -0.39 is 11.4 Å². The molecule has 0 radical (unpaired) electrons. The fourth-order valence-corrected chi connectivity index (χ4v) is 1.89. The maximum Gasteiger partial charge on any atom is 0.309 e. The van der Waals surface area contributed by atoms with Crippen LogP contribution in [0.1, 0.15) is 40.0 Å². The van der Waals surface area contributed by atoms with Gasteiger partial charge in [0.2, 0.25) is 5.91 Å². The highest BCUT2D eigenvalue weighted by molar-refractivity contribution is 5.84. The summed E-state index contributed by atoms with van der Waals surface area (Å²) >= 11 is 0. The van der Waals surface area contributed by atoms with Crippen molar-refractivity contribution in [3.8, 4) is 0 Å². The standard InChI is InChI=1S/C13H23NO4/c1-12(2,11(16)17)8-10(15)14-9-13(3)4-6-18-7-5-13/h4-9H2,1-3H3,(H,14,15)(H,16,17). The maximum atomic E-state index is 11.7. The largest absolute Gasteiger partial charge is 0.481 e. The van der Waals surface area contributed by atoms with Gasteiger partial charge in [0.15, 0.2) is 0 Å². The highest BCUT2D eigenvalue weighted by Crippen LogP contribution is 2.29. The van der Waals surface area contributed by atoms with Gasteiger partial charge in [-0.3, -0.25) is 9.59 Å². The van der Waals surface area contributed by atoms with Crippen molar-refractivity contribution in [3.63, 3.8) is 0 Å². The number of ether oxygens (including phenoxy) is 1. The van der Waals surface area contributed by atoms with Crippen LogP contribution >= 0.6 is 0 Å². The van der Waals surface area contributed by atoms with Crippen LogP contribution < -0.4 is 5.32 Å². The fraction of sp³-hybridized carbons (Fsp3) is 0.846. The third-order valence-electron chi connectivity index (χ3n) is 3.59. The van der Waals surface area contributed by atoms with E-state index in [2.05, 4.69) is 12.2 Å². The van der Waals surface area contributed by atoms with Crippen molar-refractivity contribution in [2.24, 2.45) is 10.8 Å². The quantitative estimate of drug-likeness (QED) is 0.781. The Morgan fingerprint density at radius 2 is 1.89 bits per heavy atom. The summed E-state index contributed by atoms with van der Waals surface area (Å²) in [4.78, 5) is 22.7. The zero-order valence-corrected chi connectivity index (χ0v) is 11.4. The number of hydrogen-bond donors (Lipinski definition) is 2. The van der Waals surface area contributed by atoms with E-state index in [0.29, 0.717) is 6.54 Å². The maximum absolute atomic E-state index is 11.7. The topological polar surface area (TPSA) is 75.6 Å². The molecule has 1 heterocycles. The molecule has 0 spiro atoms. The van der Waals surface area contributed by atoms with Crippen LogP contribution in [0.25, 0.3) is 0 Å². The molecule has 0 aromatic heterocycles. The molecule has 104 valence electrons. The Bertz CT molecular complexity index is 319. The zero-order chi connectivity index (χ0) is 13.8. The van der Waals surface area contributed by atoms with Crippen LogP contribution in [0.3, 0.4) is 0 Å². The molecule has 0 aliphatic carbocycles.